The molecule has 7 nitrogen and oxygen atoms in total. The number of pyridine rings is 1. The van der Waals surface area contributed by atoms with Gasteiger partial charge in [-0.25, -0.2) is 9.78 Å². The Morgan fingerprint density at radius 2 is 1.70 bits per heavy atom. The Morgan fingerprint density at radius 1 is 0.933 bits per heavy atom. The maximum absolute atomic E-state index is 12.4. The molecule has 148 valence electrons. The zero-order chi connectivity index (χ0) is 20.9. The molecule has 0 spiro atoms. The first-order valence-electron chi connectivity index (χ1n) is 8.96. The second-order valence-electron chi connectivity index (χ2n) is 6.32. The summed E-state index contributed by atoms with van der Waals surface area (Å²) in [6, 6.07) is 16.9. The molecule has 4 rings (SSSR count). The standard InChI is InChI=1S/C22H16N4O3S/c27-20(14-6-8-15(9-7-14)21(28)29)24-17-4-1-5-18(11-17)25-22-26-19(13-30-22)16-3-2-10-23-12-16/h1-13H,(H,24,27)(H,25,26)(H,28,29). The van der Waals surface area contributed by atoms with E-state index >= 15 is 0 Å². The summed E-state index contributed by atoms with van der Waals surface area (Å²) in [4.78, 5) is 32.0. The number of nitrogens with zero attached hydrogens (tertiary/aromatic N) is 2. The highest BCUT2D eigenvalue weighted by Gasteiger charge is 2.09. The van der Waals surface area contributed by atoms with E-state index in [2.05, 4.69) is 20.6 Å². The van der Waals surface area contributed by atoms with Crippen LogP contribution in [-0.2, 0) is 0 Å². The number of benzene rings is 2. The summed E-state index contributed by atoms with van der Waals surface area (Å²) in [6.45, 7) is 0. The van der Waals surface area contributed by atoms with Gasteiger partial charge in [-0.15, -0.1) is 11.3 Å². The minimum absolute atomic E-state index is 0.131. The molecule has 8 heteroatoms. The van der Waals surface area contributed by atoms with E-state index in [1.807, 2.05) is 29.6 Å². The molecule has 4 aromatic rings. The van der Waals surface area contributed by atoms with Crippen LogP contribution in [0, 0.1) is 0 Å². The summed E-state index contributed by atoms with van der Waals surface area (Å²) in [5.41, 5.74) is 3.67. The van der Waals surface area contributed by atoms with Crippen LogP contribution >= 0.6 is 11.3 Å². The van der Waals surface area contributed by atoms with Crippen molar-refractivity contribution in [3.05, 3.63) is 89.6 Å². The molecule has 0 aliphatic heterocycles. The minimum atomic E-state index is -1.03. The highest BCUT2D eigenvalue weighted by atomic mass is 32.1. The van der Waals surface area contributed by atoms with E-state index in [1.54, 1.807) is 24.5 Å². The Balaban J connectivity index is 1.44. The van der Waals surface area contributed by atoms with Gasteiger partial charge in [0.25, 0.3) is 5.91 Å². The fraction of sp³-hybridized carbons (Fsp3) is 0. The number of rotatable bonds is 6. The number of carbonyl (C=O) groups excluding carboxylic acids is 1. The van der Waals surface area contributed by atoms with Gasteiger partial charge in [0.1, 0.15) is 0 Å². The fourth-order valence-electron chi connectivity index (χ4n) is 2.74. The molecule has 2 aromatic carbocycles. The van der Waals surface area contributed by atoms with Gasteiger partial charge in [-0.05, 0) is 54.6 Å². The van der Waals surface area contributed by atoms with Gasteiger partial charge in [0, 0.05) is 40.3 Å². The molecule has 2 aromatic heterocycles. The SMILES string of the molecule is O=C(O)c1ccc(C(=O)Nc2cccc(Nc3nc(-c4cccnc4)cs3)c2)cc1. The van der Waals surface area contributed by atoms with Crippen LogP contribution in [0.1, 0.15) is 20.7 Å². The zero-order valence-corrected chi connectivity index (χ0v) is 16.4. The van der Waals surface area contributed by atoms with Crippen molar-refractivity contribution >= 4 is 39.7 Å². The Bertz CT molecular complexity index is 1190. The monoisotopic (exact) mass is 416 g/mol. The van der Waals surface area contributed by atoms with Crippen molar-refractivity contribution in [2.45, 2.75) is 0 Å². The number of anilines is 3. The van der Waals surface area contributed by atoms with Crippen molar-refractivity contribution in [2.75, 3.05) is 10.6 Å². The predicted molar refractivity (Wildman–Crippen MR) is 116 cm³/mol. The lowest BCUT2D eigenvalue weighted by Gasteiger charge is -2.08. The quantitative estimate of drug-likeness (QED) is 0.413. The summed E-state index contributed by atoms with van der Waals surface area (Å²) in [6.07, 6.45) is 3.48. The van der Waals surface area contributed by atoms with Gasteiger partial charge in [-0.1, -0.05) is 6.07 Å². The van der Waals surface area contributed by atoms with Crippen molar-refractivity contribution in [1.82, 2.24) is 9.97 Å². The topological polar surface area (TPSA) is 104 Å². The molecule has 0 aliphatic rings. The molecule has 0 saturated carbocycles. The van der Waals surface area contributed by atoms with Crippen molar-refractivity contribution in [1.29, 1.82) is 0 Å². The van der Waals surface area contributed by atoms with Gasteiger partial charge < -0.3 is 15.7 Å². The number of carboxylic acids is 1. The molecule has 0 bridgehead atoms. The smallest absolute Gasteiger partial charge is 0.335 e. The number of carboxylic acid groups (broad SMARTS) is 1. The van der Waals surface area contributed by atoms with E-state index < -0.39 is 5.97 Å². The normalized spacial score (nSPS) is 10.4. The van der Waals surface area contributed by atoms with E-state index in [0.29, 0.717) is 11.3 Å². The van der Waals surface area contributed by atoms with Crippen molar-refractivity contribution in [2.24, 2.45) is 0 Å². The van der Waals surface area contributed by atoms with Gasteiger partial charge in [-0.3, -0.25) is 9.78 Å². The van der Waals surface area contributed by atoms with E-state index in [4.69, 9.17) is 5.11 Å². The lowest BCUT2D eigenvalue weighted by Crippen LogP contribution is -2.12. The fourth-order valence-corrected chi connectivity index (χ4v) is 3.48. The number of thiazole rings is 1. The number of aromatic carboxylic acids is 1. The third-order valence-corrected chi connectivity index (χ3v) is 4.98. The molecule has 3 N–H and O–H groups in total. The summed E-state index contributed by atoms with van der Waals surface area (Å²) in [5.74, 6) is -1.35. The minimum Gasteiger partial charge on any atom is -0.478 e. The molecule has 30 heavy (non-hydrogen) atoms. The van der Waals surface area contributed by atoms with Gasteiger partial charge in [0.2, 0.25) is 0 Å². The van der Waals surface area contributed by atoms with Crippen molar-refractivity contribution in [3.8, 4) is 11.3 Å². The Kier molecular flexibility index (Phi) is 5.49. The van der Waals surface area contributed by atoms with Crippen LogP contribution in [0.3, 0.4) is 0 Å². The zero-order valence-electron chi connectivity index (χ0n) is 15.6. The Labute approximate surface area is 176 Å². The van der Waals surface area contributed by atoms with Crippen molar-refractivity contribution in [3.63, 3.8) is 0 Å². The molecule has 0 fully saturated rings. The lowest BCUT2D eigenvalue weighted by atomic mass is 10.1. The van der Waals surface area contributed by atoms with E-state index in [9.17, 15) is 9.59 Å². The third-order valence-electron chi connectivity index (χ3n) is 4.23. The average Bonchev–Trinajstić information content (AvgIpc) is 3.23. The van der Waals surface area contributed by atoms with Crippen LogP contribution in [0.15, 0.2) is 78.4 Å². The summed E-state index contributed by atoms with van der Waals surface area (Å²) >= 11 is 1.47. The van der Waals surface area contributed by atoms with Gasteiger partial charge in [-0.2, -0.15) is 0 Å². The van der Waals surface area contributed by atoms with Crippen LogP contribution in [0.5, 0.6) is 0 Å². The summed E-state index contributed by atoms with van der Waals surface area (Å²) in [5, 5.41) is 17.7. The predicted octanol–water partition coefficient (Wildman–Crippen LogP) is 4.90. The second kappa shape index (κ2) is 8.54. The molecule has 1 amide bonds. The third kappa shape index (κ3) is 4.50. The first-order valence-corrected chi connectivity index (χ1v) is 9.84. The van der Waals surface area contributed by atoms with Crippen LogP contribution in [0.25, 0.3) is 11.3 Å². The highest BCUT2D eigenvalue weighted by molar-refractivity contribution is 7.14. The molecular formula is C22H16N4O3S. The average molecular weight is 416 g/mol. The van der Waals surface area contributed by atoms with Gasteiger partial charge >= 0.3 is 5.97 Å². The first-order chi connectivity index (χ1) is 14.6. The van der Waals surface area contributed by atoms with Gasteiger partial charge in [0.05, 0.1) is 11.3 Å². The first kappa shape index (κ1) is 19.3. The molecule has 0 aliphatic carbocycles. The molecule has 0 unspecified atom stereocenters. The summed E-state index contributed by atoms with van der Waals surface area (Å²) in [7, 11) is 0. The molecule has 0 saturated heterocycles. The van der Waals surface area contributed by atoms with Gasteiger partial charge in [0.15, 0.2) is 5.13 Å². The molecule has 0 radical (unpaired) electrons. The maximum Gasteiger partial charge on any atom is 0.335 e. The van der Waals surface area contributed by atoms with Crippen LogP contribution < -0.4 is 10.6 Å². The van der Waals surface area contributed by atoms with Crippen LogP contribution in [0.2, 0.25) is 0 Å². The van der Waals surface area contributed by atoms with E-state index in [-0.39, 0.29) is 11.5 Å². The molecule has 0 atom stereocenters. The highest BCUT2D eigenvalue weighted by Crippen LogP contribution is 2.27. The number of hydrogen-bond acceptors (Lipinski definition) is 6. The summed E-state index contributed by atoms with van der Waals surface area (Å²) < 4.78 is 0. The van der Waals surface area contributed by atoms with E-state index in [1.165, 1.54) is 35.6 Å². The lowest BCUT2D eigenvalue weighted by molar-refractivity contribution is 0.0696. The number of nitrogens with one attached hydrogen (secondary N) is 2. The second-order valence-corrected chi connectivity index (χ2v) is 7.18. The molecule has 2 heterocycles. The number of amides is 1. The van der Waals surface area contributed by atoms with Crippen LogP contribution in [-0.4, -0.2) is 27.0 Å². The maximum atomic E-state index is 12.4. The van der Waals surface area contributed by atoms with Crippen molar-refractivity contribution < 1.29 is 14.7 Å². The number of hydrogen-bond donors (Lipinski definition) is 3. The Hall–Kier alpha value is -4.04. The largest absolute Gasteiger partial charge is 0.478 e. The number of aromatic nitrogens is 2. The molecular weight excluding hydrogens is 400 g/mol. The van der Waals surface area contributed by atoms with Crippen LogP contribution in [0.4, 0.5) is 16.5 Å². The Morgan fingerprint density at radius 3 is 2.43 bits per heavy atom. The van der Waals surface area contributed by atoms with E-state index in [0.717, 1.165) is 22.1 Å². The number of carbonyl (C=O) groups is 2.